The molecule has 0 saturated heterocycles. The molecule has 0 aromatic carbocycles. The third-order valence-corrected chi connectivity index (χ3v) is 5.21. The second-order valence-corrected chi connectivity index (χ2v) is 7.00. The summed E-state index contributed by atoms with van der Waals surface area (Å²) in [5.74, 6) is -0.0848. The van der Waals surface area contributed by atoms with Gasteiger partial charge in [-0.1, -0.05) is 19.9 Å². The summed E-state index contributed by atoms with van der Waals surface area (Å²) in [5.41, 5.74) is -1.15. The van der Waals surface area contributed by atoms with E-state index >= 15 is 0 Å². The lowest BCUT2D eigenvalue weighted by molar-refractivity contribution is -0.182. The summed E-state index contributed by atoms with van der Waals surface area (Å²) in [4.78, 5) is 0. The molecule has 0 bridgehead atoms. The van der Waals surface area contributed by atoms with Gasteiger partial charge in [0.2, 0.25) is 0 Å². The van der Waals surface area contributed by atoms with Crippen molar-refractivity contribution in [3.63, 3.8) is 0 Å². The van der Waals surface area contributed by atoms with Crippen LogP contribution in [-0.4, -0.2) is 33.1 Å². The van der Waals surface area contributed by atoms with Crippen LogP contribution in [0.3, 0.4) is 0 Å². The van der Waals surface area contributed by atoms with Gasteiger partial charge < -0.3 is 15.3 Å². The quantitative estimate of drug-likeness (QED) is 0.627. The number of aliphatic hydroxyl groups excluding tert-OH is 1. The van der Waals surface area contributed by atoms with E-state index in [9.17, 15) is 15.3 Å². The van der Waals surface area contributed by atoms with Crippen LogP contribution >= 0.6 is 0 Å². The van der Waals surface area contributed by atoms with Crippen molar-refractivity contribution in [2.24, 2.45) is 11.3 Å². The lowest BCUT2D eigenvalue weighted by atomic mass is 9.60. The van der Waals surface area contributed by atoms with Crippen LogP contribution in [0.15, 0.2) is 11.6 Å². The van der Waals surface area contributed by atoms with Crippen molar-refractivity contribution in [2.75, 3.05) is 6.61 Å². The minimum Gasteiger partial charge on any atom is -0.392 e. The Kier molecular flexibility index (Phi) is 3.37. The van der Waals surface area contributed by atoms with Gasteiger partial charge in [0.25, 0.3) is 0 Å². The molecule has 3 nitrogen and oxygen atoms in total. The van der Waals surface area contributed by atoms with Crippen molar-refractivity contribution >= 4 is 0 Å². The summed E-state index contributed by atoms with van der Waals surface area (Å²) >= 11 is 0. The molecule has 18 heavy (non-hydrogen) atoms. The number of hydrogen-bond acceptors (Lipinski definition) is 3. The molecule has 0 aliphatic heterocycles. The van der Waals surface area contributed by atoms with Crippen LogP contribution in [-0.2, 0) is 0 Å². The van der Waals surface area contributed by atoms with E-state index in [1.807, 2.05) is 6.08 Å². The summed E-state index contributed by atoms with van der Waals surface area (Å²) in [7, 11) is 0. The van der Waals surface area contributed by atoms with Crippen LogP contribution in [0.1, 0.15) is 52.9 Å². The number of hydrogen-bond donors (Lipinski definition) is 3. The van der Waals surface area contributed by atoms with Crippen molar-refractivity contribution in [3.8, 4) is 0 Å². The summed E-state index contributed by atoms with van der Waals surface area (Å²) in [6, 6.07) is 0. The second kappa shape index (κ2) is 4.32. The average molecular weight is 254 g/mol. The van der Waals surface area contributed by atoms with Gasteiger partial charge in [0.05, 0.1) is 12.2 Å². The predicted octanol–water partition coefficient (Wildman–Crippen LogP) is 2.01. The standard InChI is InChI=1S/C15H26O3/c1-13(2)6-4-7-14(3,17)15(18)8-5-11(10-16)9-12(13)15/h9,12,16-18H,4-8,10H2,1-3H3/t12-,14-,15+/m1/s1. The molecule has 0 spiro atoms. The fourth-order valence-electron chi connectivity index (χ4n) is 3.83. The van der Waals surface area contributed by atoms with Gasteiger partial charge in [-0.05, 0) is 50.0 Å². The van der Waals surface area contributed by atoms with E-state index in [2.05, 4.69) is 13.8 Å². The van der Waals surface area contributed by atoms with E-state index in [0.29, 0.717) is 19.3 Å². The van der Waals surface area contributed by atoms with Gasteiger partial charge in [0.1, 0.15) is 5.60 Å². The molecule has 0 amide bonds. The summed E-state index contributed by atoms with van der Waals surface area (Å²) in [6.07, 6.45) is 5.80. The van der Waals surface area contributed by atoms with E-state index in [0.717, 1.165) is 18.4 Å². The lowest BCUT2D eigenvalue weighted by Gasteiger charge is -2.51. The maximum absolute atomic E-state index is 11.1. The number of rotatable bonds is 1. The molecule has 3 atom stereocenters. The molecule has 0 radical (unpaired) electrons. The van der Waals surface area contributed by atoms with E-state index in [4.69, 9.17) is 0 Å². The minimum atomic E-state index is -1.06. The molecule has 0 heterocycles. The smallest absolute Gasteiger partial charge is 0.100 e. The first-order valence-electron chi connectivity index (χ1n) is 6.98. The van der Waals surface area contributed by atoms with Crippen molar-refractivity contribution in [1.82, 2.24) is 0 Å². The Balaban J connectivity index is 2.48. The van der Waals surface area contributed by atoms with Gasteiger partial charge in [-0.25, -0.2) is 0 Å². The Morgan fingerprint density at radius 3 is 2.44 bits per heavy atom. The molecule has 0 aromatic heterocycles. The monoisotopic (exact) mass is 254 g/mol. The van der Waals surface area contributed by atoms with Gasteiger partial charge in [-0.2, -0.15) is 0 Å². The topological polar surface area (TPSA) is 60.7 Å². The summed E-state index contributed by atoms with van der Waals surface area (Å²) in [5, 5.41) is 31.1. The molecular formula is C15H26O3. The number of fused-ring (bicyclic) bond motifs is 1. The van der Waals surface area contributed by atoms with Crippen LogP contribution in [0.25, 0.3) is 0 Å². The molecule has 3 heteroatoms. The van der Waals surface area contributed by atoms with Gasteiger partial charge in [-0.3, -0.25) is 0 Å². The predicted molar refractivity (Wildman–Crippen MR) is 71.1 cm³/mol. The Bertz CT molecular complexity index is 357. The van der Waals surface area contributed by atoms with E-state index < -0.39 is 11.2 Å². The highest BCUT2D eigenvalue weighted by atomic mass is 16.4. The molecule has 2 aliphatic rings. The minimum absolute atomic E-state index is 0.0456. The second-order valence-electron chi connectivity index (χ2n) is 7.00. The van der Waals surface area contributed by atoms with Crippen molar-refractivity contribution in [3.05, 3.63) is 11.6 Å². The van der Waals surface area contributed by atoms with Gasteiger partial charge in [-0.15, -0.1) is 0 Å². The highest BCUT2D eigenvalue weighted by Gasteiger charge is 2.57. The fraction of sp³-hybridized carbons (Fsp3) is 0.867. The van der Waals surface area contributed by atoms with Crippen molar-refractivity contribution in [1.29, 1.82) is 0 Å². The number of aliphatic hydroxyl groups is 3. The third-order valence-electron chi connectivity index (χ3n) is 5.21. The highest BCUT2D eigenvalue weighted by Crippen LogP contribution is 2.53. The zero-order valence-electron chi connectivity index (χ0n) is 11.7. The third kappa shape index (κ3) is 2.02. The van der Waals surface area contributed by atoms with E-state index in [1.54, 1.807) is 6.92 Å². The molecule has 1 fully saturated rings. The van der Waals surface area contributed by atoms with Crippen LogP contribution in [0.4, 0.5) is 0 Å². The van der Waals surface area contributed by atoms with E-state index in [1.165, 1.54) is 0 Å². The highest BCUT2D eigenvalue weighted by molar-refractivity contribution is 5.22. The Hall–Kier alpha value is -0.380. The maximum atomic E-state index is 11.1. The van der Waals surface area contributed by atoms with Crippen LogP contribution in [0, 0.1) is 11.3 Å². The molecular weight excluding hydrogens is 228 g/mol. The lowest BCUT2D eigenvalue weighted by Crippen LogP contribution is -2.59. The van der Waals surface area contributed by atoms with E-state index in [-0.39, 0.29) is 17.9 Å². The molecule has 3 N–H and O–H groups in total. The summed E-state index contributed by atoms with van der Waals surface area (Å²) < 4.78 is 0. The van der Waals surface area contributed by atoms with Crippen LogP contribution < -0.4 is 0 Å². The van der Waals surface area contributed by atoms with Crippen LogP contribution in [0.5, 0.6) is 0 Å². The SMILES string of the molecule is CC1(C)CCC[C@@](C)(O)[C@]2(O)CCC(CO)=C[C@H]12. The van der Waals surface area contributed by atoms with Gasteiger partial charge in [0.15, 0.2) is 0 Å². The first-order chi connectivity index (χ1) is 8.23. The van der Waals surface area contributed by atoms with Crippen LogP contribution in [0.2, 0.25) is 0 Å². The first-order valence-corrected chi connectivity index (χ1v) is 6.98. The molecule has 1 saturated carbocycles. The molecule has 0 aromatic rings. The van der Waals surface area contributed by atoms with Gasteiger partial charge >= 0.3 is 0 Å². The Labute approximate surface area is 110 Å². The molecule has 104 valence electrons. The summed E-state index contributed by atoms with van der Waals surface area (Å²) in [6.45, 7) is 6.13. The first kappa shape index (κ1) is 14.0. The normalized spacial score (nSPS) is 43.9. The zero-order chi connectivity index (χ0) is 13.6. The van der Waals surface area contributed by atoms with Crippen molar-refractivity contribution in [2.45, 2.75) is 64.1 Å². The Morgan fingerprint density at radius 2 is 1.83 bits per heavy atom. The maximum Gasteiger partial charge on any atom is 0.100 e. The van der Waals surface area contributed by atoms with Gasteiger partial charge in [0, 0.05) is 5.92 Å². The molecule has 2 aliphatic carbocycles. The molecule has 2 rings (SSSR count). The Morgan fingerprint density at radius 1 is 1.17 bits per heavy atom. The van der Waals surface area contributed by atoms with Crippen molar-refractivity contribution < 1.29 is 15.3 Å². The average Bonchev–Trinajstić information content (AvgIpc) is 2.34. The molecule has 0 unspecified atom stereocenters. The fourth-order valence-corrected chi connectivity index (χ4v) is 3.83. The zero-order valence-corrected chi connectivity index (χ0v) is 11.7. The largest absolute Gasteiger partial charge is 0.392 e.